The lowest BCUT2D eigenvalue weighted by Crippen LogP contribution is -2.30. The third-order valence-corrected chi connectivity index (χ3v) is 2.90. The average Bonchev–Trinajstić information content (AvgIpc) is 2.35. The normalized spacial score (nSPS) is 7.59. The van der Waals surface area contributed by atoms with Gasteiger partial charge < -0.3 is 0 Å². The van der Waals surface area contributed by atoms with Crippen LogP contribution in [0.1, 0.15) is 5.56 Å². The number of hydrogen-bond acceptors (Lipinski definition) is 0. The van der Waals surface area contributed by atoms with Crippen LogP contribution in [0.2, 0.25) is 0 Å². The van der Waals surface area contributed by atoms with Gasteiger partial charge in [-0.15, -0.1) is 0 Å². The lowest BCUT2D eigenvalue weighted by molar-refractivity contribution is 1.48. The van der Waals surface area contributed by atoms with Crippen LogP contribution in [0.25, 0.3) is 0 Å². The van der Waals surface area contributed by atoms with Crippen LogP contribution < -0.4 is 0 Å². The van der Waals surface area contributed by atoms with Crippen molar-refractivity contribution >= 4 is 72.0 Å². The Kier molecular flexibility index (Phi) is 13.8. The Labute approximate surface area is 115 Å². The minimum atomic E-state index is 1.32. The Morgan fingerprint density at radius 3 is 1.41 bits per heavy atom. The molecule has 0 atom stereocenters. The standard InChI is InChI=1S/C7H8.B10H12/c1-7-5-3-2-4-6-7;1-3-5-7-9-10-8-6-4-2/h2-6H,1H3;3-10H,1-2H2. The Hall–Kier alpha value is -0.131. The van der Waals surface area contributed by atoms with E-state index in [1.54, 1.807) is 0 Å². The highest BCUT2D eigenvalue weighted by atomic mass is 13.8. The van der Waals surface area contributed by atoms with Crippen LogP contribution in [0.3, 0.4) is 0 Å². The third kappa shape index (κ3) is 13.8. The Bertz CT molecular complexity index is 234. The van der Waals surface area contributed by atoms with Crippen molar-refractivity contribution in [1.82, 2.24) is 0 Å². The van der Waals surface area contributed by atoms with E-state index in [-0.39, 0.29) is 0 Å². The predicted molar refractivity (Wildman–Crippen MR) is 105 cm³/mol. The minimum absolute atomic E-state index is 1.32. The van der Waals surface area contributed by atoms with Gasteiger partial charge in [-0.2, -0.15) is 0 Å². The van der Waals surface area contributed by atoms with Gasteiger partial charge in [-0.05, 0) is 6.92 Å². The summed E-state index contributed by atoms with van der Waals surface area (Å²) in [6, 6.07) is 10.3. The van der Waals surface area contributed by atoms with Gasteiger partial charge in [-0.3, -0.25) is 0 Å². The molecule has 1 aromatic rings. The maximum Gasteiger partial charge on any atom is 0.0597 e. The quantitative estimate of drug-likeness (QED) is 0.314. The molecule has 0 radical (unpaired) electrons. The van der Waals surface area contributed by atoms with Gasteiger partial charge >= 0.3 is 0 Å². The SMILES string of the molecule is BBBBBBBBBB.Cc1ccccc1. The van der Waals surface area contributed by atoms with E-state index in [0.29, 0.717) is 0 Å². The molecule has 0 N–H and O–H groups in total. The lowest BCUT2D eigenvalue weighted by atomic mass is 8.89. The largest absolute Gasteiger partial charge is 0.0622 e. The van der Waals surface area contributed by atoms with Gasteiger partial charge in [0.15, 0.2) is 0 Å². The minimum Gasteiger partial charge on any atom is -0.0622 e. The zero-order valence-corrected chi connectivity index (χ0v) is 12.0. The van der Waals surface area contributed by atoms with Gasteiger partial charge in [-0.1, -0.05) is 35.9 Å². The molecule has 78 valence electrons. The van der Waals surface area contributed by atoms with Crippen molar-refractivity contribution < 1.29 is 0 Å². The van der Waals surface area contributed by atoms with Crippen molar-refractivity contribution in [1.29, 1.82) is 0 Å². The summed E-state index contributed by atoms with van der Waals surface area (Å²) in [5.74, 6) is 0. The van der Waals surface area contributed by atoms with Crippen LogP contribution >= 0.6 is 0 Å². The molecule has 0 bridgehead atoms. The van der Waals surface area contributed by atoms with Crippen molar-refractivity contribution in [3.05, 3.63) is 35.9 Å². The van der Waals surface area contributed by atoms with E-state index in [1.807, 2.05) is 18.2 Å². The fourth-order valence-electron chi connectivity index (χ4n) is 1.74. The molecule has 0 amide bonds. The molecule has 0 unspecified atom stereocenters. The van der Waals surface area contributed by atoms with Crippen molar-refractivity contribution in [2.75, 3.05) is 0 Å². The van der Waals surface area contributed by atoms with Gasteiger partial charge in [0, 0.05) is 56.5 Å². The fraction of sp³-hybridized carbons (Fsp3) is 0.143. The zero-order valence-electron chi connectivity index (χ0n) is 12.0. The third-order valence-electron chi connectivity index (χ3n) is 2.90. The molecule has 0 nitrogen and oxygen atoms in total. The molecule has 0 saturated heterocycles. The molecular formula is C7H20B10. The molecule has 0 aliphatic carbocycles. The van der Waals surface area contributed by atoms with Gasteiger partial charge in [0.05, 0.1) is 15.5 Å². The number of hydrogen-bond donors (Lipinski definition) is 0. The monoisotopic (exact) mass is 214 g/mol. The summed E-state index contributed by atoms with van der Waals surface area (Å²) in [6.07, 6.45) is 0. The molecule has 0 aromatic heterocycles. The molecule has 0 spiro atoms. The van der Waals surface area contributed by atoms with Crippen LogP contribution in [0.15, 0.2) is 30.3 Å². The number of benzene rings is 1. The molecular weight excluding hydrogens is 192 g/mol. The molecule has 17 heavy (non-hydrogen) atoms. The first-order valence-corrected chi connectivity index (χ1v) is 7.32. The molecule has 1 rings (SSSR count). The summed E-state index contributed by atoms with van der Waals surface area (Å²) in [6.45, 7) is 2.08. The van der Waals surface area contributed by atoms with Crippen LogP contribution in [0.5, 0.6) is 0 Å². The summed E-state index contributed by atoms with van der Waals surface area (Å²) in [5.41, 5.74) is 1.32. The highest BCUT2D eigenvalue weighted by molar-refractivity contribution is 7.68. The molecule has 0 saturated carbocycles. The van der Waals surface area contributed by atoms with Crippen LogP contribution in [-0.4, -0.2) is 72.0 Å². The van der Waals surface area contributed by atoms with E-state index in [4.69, 9.17) is 0 Å². The predicted octanol–water partition coefficient (Wildman–Crippen LogP) is -5.03. The second kappa shape index (κ2) is 13.9. The first-order chi connectivity index (χ1) is 8.31. The topological polar surface area (TPSA) is 0 Å². The first kappa shape index (κ1) is 16.9. The van der Waals surface area contributed by atoms with Crippen LogP contribution in [0, 0.1) is 6.92 Å². The van der Waals surface area contributed by atoms with Crippen LogP contribution in [-0.2, 0) is 0 Å². The van der Waals surface area contributed by atoms with Gasteiger partial charge in [0.1, 0.15) is 0 Å². The smallest absolute Gasteiger partial charge is 0.0597 e. The first-order valence-electron chi connectivity index (χ1n) is 7.32. The second-order valence-electron chi connectivity index (χ2n) is 4.78. The molecule has 10 heteroatoms. The Balaban J connectivity index is 0.000000318. The molecule has 0 fully saturated rings. The highest BCUT2D eigenvalue weighted by Crippen LogP contribution is 1.92. The van der Waals surface area contributed by atoms with Crippen molar-refractivity contribution in [3.63, 3.8) is 0 Å². The lowest BCUT2D eigenvalue weighted by Gasteiger charge is -1.88. The van der Waals surface area contributed by atoms with E-state index in [1.165, 1.54) is 62.1 Å². The fourth-order valence-corrected chi connectivity index (χ4v) is 1.74. The summed E-state index contributed by atoms with van der Waals surface area (Å²) in [7, 11) is 16.0. The average molecular weight is 212 g/mol. The molecule has 1 aromatic carbocycles. The van der Waals surface area contributed by atoms with E-state index in [2.05, 4.69) is 34.5 Å². The Morgan fingerprint density at radius 1 is 0.706 bits per heavy atom. The Morgan fingerprint density at radius 2 is 1.12 bits per heavy atom. The molecule has 0 aliphatic heterocycles. The maximum atomic E-state index is 2.27. The summed E-state index contributed by atoms with van der Waals surface area (Å²) < 4.78 is 0. The van der Waals surface area contributed by atoms with E-state index in [9.17, 15) is 0 Å². The summed E-state index contributed by atoms with van der Waals surface area (Å²) in [4.78, 5) is 0. The van der Waals surface area contributed by atoms with E-state index >= 15 is 0 Å². The van der Waals surface area contributed by atoms with Crippen molar-refractivity contribution in [2.45, 2.75) is 6.92 Å². The molecule has 0 aliphatic rings. The van der Waals surface area contributed by atoms with E-state index < -0.39 is 0 Å². The second-order valence-corrected chi connectivity index (χ2v) is 4.78. The van der Waals surface area contributed by atoms with Gasteiger partial charge in [-0.25, -0.2) is 0 Å². The number of rotatable bonds is 7. The number of aryl methyl sites for hydroxylation is 1. The van der Waals surface area contributed by atoms with Gasteiger partial charge in [0.2, 0.25) is 0 Å². The van der Waals surface area contributed by atoms with Crippen LogP contribution in [0.4, 0.5) is 0 Å². The zero-order chi connectivity index (χ0) is 12.8. The van der Waals surface area contributed by atoms with Crippen molar-refractivity contribution in [3.8, 4) is 0 Å². The van der Waals surface area contributed by atoms with Gasteiger partial charge in [0.25, 0.3) is 0 Å². The summed E-state index contributed by atoms with van der Waals surface area (Å²) >= 11 is 0. The maximum absolute atomic E-state index is 2.27. The highest BCUT2D eigenvalue weighted by Gasteiger charge is 1.96. The van der Waals surface area contributed by atoms with E-state index in [0.717, 1.165) is 0 Å². The summed E-state index contributed by atoms with van der Waals surface area (Å²) in [5, 5.41) is 0. The van der Waals surface area contributed by atoms with Crippen molar-refractivity contribution in [2.24, 2.45) is 0 Å². The molecule has 0 heterocycles.